The first-order valence-electron chi connectivity index (χ1n) is 4.92. The number of carbonyl (C=O) groups is 1. The molecule has 0 saturated carbocycles. The van der Waals surface area contributed by atoms with Crippen molar-refractivity contribution in [2.75, 3.05) is 11.9 Å². The number of rotatable bonds is 4. The molecule has 0 aliphatic heterocycles. The van der Waals surface area contributed by atoms with Crippen molar-refractivity contribution < 1.29 is 14.6 Å². The standard InChI is InChI=1S/C9H10N4O5/c1-2-10-9(14)11-6-3-7(12(15)16)5-8(4-6)13(17)18/h3-5H,2H2,1H3,(H2,10,11,14). The van der Waals surface area contributed by atoms with Gasteiger partial charge in [-0.05, 0) is 6.92 Å². The Labute approximate surface area is 101 Å². The van der Waals surface area contributed by atoms with Crippen LogP contribution in [0.25, 0.3) is 0 Å². The van der Waals surface area contributed by atoms with Gasteiger partial charge in [-0.2, -0.15) is 0 Å². The van der Waals surface area contributed by atoms with E-state index in [9.17, 15) is 25.0 Å². The normalized spacial score (nSPS) is 9.61. The second-order valence-corrected chi connectivity index (χ2v) is 3.24. The third kappa shape index (κ3) is 3.40. The molecular formula is C9H10N4O5. The summed E-state index contributed by atoms with van der Waals surface area (Å²) in [5.41, 5.74) is -0.936. The number of anilines is 1. The van der Waals surface area contributed by atoms with Crippen LogP contribution in [0.2, 0.25) is 0 Å². The number of nitro groups is 2. The van der Waals surface area contributed by atoms with E-state index in [1.54, 1.807) is 6.92 Å². The van der Waals surface area contributed by atoms with Gasteiger partial charge in [0.1, 0.15) is 0 Å². The Hall–Kier alpha value is -2.71. The Morgan fingerprint density at radius 3 is 2.06 bits per heavy atom. The van der Waals surface area contributed by atoms with Crippen molar-refractivity contribution in [3.8, 4) is 0 Å². The fourth-order valence-electron chi connectivity index (χ4n) is 1.21. The Bertz CT molecular complexity index is 469. The molecule has 0 heterocycles. The van der Waals surface area contributed by atoms with Gasteiger partial charge < -0.3 is 10.6 Å². The number of nitrogens with one attached hydrogen (secondary N) is 2. The van der Waals surface area contributed by atoms with Crippen molar-refractivity contribution in [2.24, 2.45) is 0 Å². The number of hydrogen-bond acceptors (Lipinski definition) is 5. The lowest BCUT2D eigenvalue weighted by molar-refractivity contribution is -0.394. The predicted molar refractivity (Wildman–Crippen MR) is 62.4 cm³/mol. The Kier molecular flexibility index (Phi) is 4.13. The summed E-state index contributed by atoms with van der Waals surface area (Å²) in [7, 11) is 0. The smallest absolute Gasteiger partial charge is 0.319 e. The molecule has 18 heavy (non-hydrogen) atoms. The highest BCUT2D eigenvalue weighted by molar-refractivity contribution is 5.90. The van der Waals surface area contributed by atoms with Gasteiger partial charge in [-0.15, -0.1) is 0 Å². The molecule has 1 aromatic carbocycles. The molecule has 1 rings (SSSR count). The summed E-state index contributed by atoms with van der Waals surface area (Å²) < 4.78 is 0. The van der Waals surface area contributed by atoms with Crippen molar-refractivity contribution >= 4 is 23.1 Å². The maximum atomic E-state index is 11.2. The van der Waals surface area contributed by atoms with Crippen molar-refractivity contribution in [3.05, 3.63) is 38.4 Å². The van der Waals surface area contributed by atoms with Gasteiger partial charge in [-0.1, -0.05) is 0 Å². The number of carbonyl (C=O) groups excluding carboxylic acids is 1. The molecule has 0 aliphatic rings. The number of benzene rings is 1. The summed E-state index contributed by atoms with van der Waals surface area (Å²) in [6.07, 6.45) is 0. The number of urea groups is 1. The van der Waals surface area contributed by atoms with Crippen LogP contribution in [0, 0.1) is 20.2 Å². The molecule has 0 saturated heterocycles. The van der Waals surface area contributed by atoms with Crippen molar-refractivity contribution in [1.82, 2.24) is 5.32 Å². The second kappa shape index (κ2) is 5.57. The van der Waals surface area contributed by atoms with Crippen LogP contribution >= 0.6 is 0 Å². The highest BCUT2D eigenvalue weighted by atomic mass is 16.6. The third-order valence-corrected chi connectivity index (χ3v) is 1.92. The molecule has 0 aromatic heterocycles. The molecule has 0 aliphatic carbocycles. The van der Waals surface area contributed by atoms with Gasteiger partial charge in [-0.25, -0.2) is 4.79 Å². The fourth-order valence-corrected chi connectivity index (χ4v) is 1.21. The Balaban J connectivity index is 3.07. The molecule has 0 fully saturated rings. The van der Waals surface area contributed by atoms with E-state index in [1.165, 1.54) is 0 Å². The van der Waals surface area contributed by atoms with Gasteiger partial charge in [-0.3, -0.25) is 20.2 Å². The molecule has 9 nitrogen and oxygen atoms in total. The minimum Gasteiger partial charge on any atom is -0.338 e. The molecular weight excluding hydrogens is 244 g/mol. The van der Waals surface area contributed by atoms with E-state index in [-0.39, 0.29) is 5.69 Å². The van der Waals surface area contributed by atoms with Crippen molar-refractivity contribution in [1.29, 1.82) is 0 Å². The molecule has 0 radical (unpaired) electrons. The summed E-state index contributed by atoms with van der Waals surface area (Å²) in [6, 6.07) is 2.32. The van der Waals surface area contributed by atoms with Crippen LogP contribution in [-0.2, 0) is 0 Å². The summed E-state index contributed by atoms with van der Waals surface area (Å²) >= 11 is 0. The van der Waals surface area contributed by atoms with E-state index in [1.807, 2.05) is 0 Å². The third-order valence-electron chi connectivity index (χ3n) is 1.92. The van der Waals surface area contributed by atoms with Gasteiger partial charge in [0, 0.05) is 18.7 Å². The predicted octanol–water partition coefficient (Wildman–Crippen LogP) is 1.64. The van der Waals surface area contributed by atoms with Gasteiger partial charge in [0.05, 0.1) is 21.6 Å². The number of nitrogens with zero attached hydrogens (tertiary/aromatic N) is 2. The van der Waals surface area contributed by atoms with Crippen LogP contribution in [0.15, 0.2) is 18.2 Å². The first kappa shape index (κ1) is 13.4. The number of non-ortho nitro benzene ring substituents is 2. The summed E-state index contributed by atoms with van der Waals surface area (Å²) in [6.45, 7) is 2.05. The van der Waals surface area contributed by atoms with E-state index in [0.717, 1.165) is 18.2 Å². The topological polar surface area (TPSA) is 127 Å². The zero-order valence-electron chi connectivity index (χ0n) is 9.37. The zero-order chi connectivity index (χ0) is 13.7. The Morgan fingerprint density at radius 2 is 1.67 bits per heavy atom. The average molecular weight is 254 g/mol. The van der Waals surface area contributed by atoms with E-state index in [2.05, 4.69) is 10.6 Å². The van der Waals surface area contributed by atoms with Crippen LogP contribution in [0.1, 0.15) is 6.92 Å². The van der Waals surface area contributed by atoms with Crippen molar-refractivity contribution in [2.45, 2.75) is 6.92 Å². The SMILES string of the molecule is CCNC(=O)Nc1cc([N+](=O)[O-])cc([N+](=O)[O-])c1. The first-order valence-corrected chi connectivity index (χ1v) is 4.92. The van der Waals surface area contributed by atoms with E-state index in [4.69, 9.17) is 0 Å². The zero-order valence-corrected chi connectivity index (χ0v) is 9.37. The molecule has 96 valence electrons. The van der Waals surface area contributed by atoms with Gasteiger partial charge in [0.2, 0.25) is 0 Å². The first-order chi connectivity index (χ1) is 8.43. The minimum atomic E-state index is -0.768. The molecule has 0 unspecified atom stereocenters. The lowest BCUT2D eigenvalue weighted by Gasteiger charge is -2.05. The van der Waals surface area contributed by atoms with Gasteiger partial charge >= 0.3 is 6.03 Å². The van der Waals surface area contributed by atoms with Crippen LogP contribution in [0.5, 0.6) is 0 Å². The van der Waals surface area contributed by atoms with Gasteiger partial charge in [0.15, 0.2) is 0 Å². The van der Waals surface area contributed by atoms with E-state index in [0.29, 0.717) is 6.54 Å². The van der Waals surface area contributed by atoms with Crippen LogP contribution in [0.3, 0.4) is 0 Å². The monoisotopic (exact) mass is 254 g/mol. The fraction of sp³-hybridized carbons (Fsp3) is 0.222. The molecule has 0 bridgehead atoms. The molecule has 0 atom stereocenters. The summed E-state index contributed by atoms with van der Waals surface area (Å²) in [5.74, 6) is 0. The molecule has 0 spiro atoms. The number of nitro benzene ring substituents is 2. The maximum Gasteiger partial charge on any atom is 0.319 e. The lowest BCUT2D eigenvalue weighted by atomic mass is 10.2. The quantitative estimate of drug-likeness (QED) is 0.623. The van der Waals surface area contributed by atoms with Crippen LogP contribution in [0.4, 0.5) is 21.9 Å². The molecule has 1 aromatic rings. The molecule has 9 heteroatoms. The van der Waals surface area contributed by atoms with E-state index >= 15 is 0 Å². The number of amides is 2. The molecule has 2 N–H and O–H groups in total. The number of hydrogen-bond donors (Lipinski definition) is 2. The van der Waals surface area contributed by atoms with Crippen LogP contribution < -0.4 is 10.6 Å². The maximum absolute atomic E-state index is 11.2. The molecule has 2 amide bonds. The summed E-state index contributed by atoms with van der Waals surface area (Å²) in [5, 5.41) is 25.9. The Morgan fingerprint density at radius 1 is 1.17 bits per heavy atom. The van der Waals surface area contributed by atoms with Gasteiger partial charge in [0.25, 0.3) is 11.4 Å². The second-order valence-electron chi connectivity index (χ2n) is 3.24. The highest BCUT2D eigenvalue weighted by Crippen LogP contribution is 2.25. The highest BCUT2D eigenvalue weighted by Gasteiger charge is 2.17. The summed E-state index contributed by atoms with van der Waals surface area (Å²) in [4.78, 5) is 30.9. The minimum absolute atomic E-state index is 0.0122. The van der Waals surface area contributed by atoms with E-state index < -0.39 is 27.3 Å². The lowest BCUT2D eigenvalue weighted by Crippen LogP contribution is -2.28. The van der Waals surface area contributed by atoms with Crippen LogP contribution in [-0.4, -0.2) is 22.4 Å². The largest absolute Gasteiger partial charge is 0.338 e. The van der Waals surface area contributed by atoms with Crippen molar-refractivity contribution in [3.63, 3.8) is 0 Å². The average Bonchev–Trinajstić information content (AvgIpc) is 2.28.